The molecular weight excluding hydrogens is 148 g/mol. The van der Waals surface area contributed by atoms with Gasteiger partial charge in [-0.2, -0.15) is 10.2 Å². The van der Waals surface area contributed by atoms with Crippen molar-refractivity contribution in [1.82, 2.24) is 0 Å². The molecule has 72 valence electrons. The van der Waals surface area contributed by atoms with Crippen LogP contribution in [-0.4, -0.2) is 11.6 Å². The van der Waals surface area contributed by atoms with Crippen LogP contribution in [0, 0.1) is 0 Å². The van der Waals surface area contributed by atoms with Crippen molar-refractivity contribution < 1.29 is 0 Å². The van der Waals surface area contributed by atoms with Crippen LogP contribution in [-0.2, 0) is 0 Å². The van der Waals surface area contributed by atoms with E-state index in [-0.39, 0.29) is 5.54 Å². The van der Waals surface area contributed by atoms with Gasteiger partial charge < -0.3 is 0 Å². The molecule has 2 nitrogen and oxygen atoms in total. The maximum atomic E-state index is 4.32. The van der Waals surface area contributed by atoms with Gasteiger partial charge in [0.05, 0.1) is 11.6 Å². The summed E-state index contributed by atoms with van der Waals surface area (Å²) in [4.78, 5) is 0. The summed E-state index contributed by atoms with van der Waals surface area (Å²) in [5.74, 6) is 0. The van der Waals surface area contributed by atoms with Crippen molar-refractivity contribution in [3.05, 3.63) is 0 Å². The Kier molecular flexibility index (Phi) is 5.11. The molecule has 0 saturated carbocycles. The van der Waals surface area contributed by atoms with Crippen LogP contribution in [0.4, 0.5) is 0 Å². The molecule has 0 aromatic rings. The van der Waals surface area contributed by atoms with Gasteiger partial charge in [-0.25, -0.2) is 0 Å². The van der Waals surface area contributed by atoms with Crippen LogP contribution in [0.5, 0.6) is 0 Å². The minimum absolute atomic E-state index is 0.0419. The Labute approximate surface area is 76.5 Å². The van der Waals surface area contributed by atoms with Crippen molar-refractivity contribution >= 4 is 0 Å². The van der Waals surface area contributed by atoms with E-state index in [2.05, 4.69) is 44.8 Å². The third-order valence-corrected chi connectivity index (χ3v) is 1.70. The molecule has 0 aliphatic rings. The molecule has 0 heterocycles. The van der Waals surface area contributed by atoms with Crippen LogP contribution in [0.15, 0.2) is 10.2 Å². The van der Waals surface area contributed by atoms with E-state index in [0.29, 0.717) is 6.04 Å². The molecule has 0 rings (SSSR count). The Hall–Kier alpha value is -0.400. The lowest BCUT2D eigenvalue weighted by Crippen LogP contribution is -2.15. The Bertz CT molecular complexity index is 137. The first-order valence-electron chi connectivity index (χ1n) is 4.90. The van der Waals surface area contributed by atoms with Crippen molar-refractivity contribution in [3.63, 3.8) is 0 Å². The molecule has 0 saturated heterocycles. The van der Waals surface area contributed by atoms with Gasteiger partial charge in [0.25, 0.3) is 0 Å². The molecule has 0 aromatic heterocycles. The number of rotatable bonds is 5. The number of nitrogens with zero attached hydrogens (tertiary/aromatic N) is 2. The fourth-order valence-corrected chi connectivity index (χ4v) is 0.931. The van der Waals surface area contributed by atoms with Crippen molar-refractivity contribution in [2.45, 2.75) is 65.5 Å². The van der Waals surface area contributed by atoms with E-state index in [0.717, 1.165) is 6.42 Å². The zero-order chi connectivity index (χ0) is 9.61. The summed E-state index contributed by atoms with van der Waals surface area (Å²) in [6.07, 6.45) is 3.62. The average molecular weight is 170 g/mol. The highest BCUT2D eigenvalue weighted by Crippen LogP contribution is 2.18. The van der Waals surface area contributed by atoms with Gasteiger partial charge in [-0.05, 0) is 34.1 Å². The highest BCUT2D eigenvalue weighted by molar-refractivity contribution is 4.75. The molecule has 0 aromatic carbocycles. The quantitative estimate of drug-likeness (QED) is 0.560. The van der Waals surface area contributed by atoms with Crippen LogP contribution in [0.25, 0.3) is 0 Å². The molecule has 0 aliphatic carbocycles. The van der Waals surface area contributed by atoms with Gasteiger partial charge in [0.2, 0.25) is 0 Å². The number of azo groups is 1. The first-order valence-corrected chi connectivity index (χ1v) is 4.90. The molecule has 0 fully saturated rings. The maximum absolute atomic E-state index is 4.32. The summed E-state index contributed by atoms with van der Waals surface area (Å²) < 4.78 is 0. The van der Waals surface area contributed by atoms with Crippen LogP contribution >= 0.6 is 0 Å². The molecule has 12 heavy (non-hydrogen) atoms. The van der Waals surface area contributed by atoms with Crippen molar-refractivity contribution in [3.8, 4) is 0 Å². The summed E-state index contributed by atoms with van der Waals surface area (Å²) in [7, 11) is 0. The lowest BCUT2D eigenvalue weighted by Gasteiger charge is -2.17. The second kappa shape index (κ2) is 5.28. The van der Waals surface area contributed by atoms with Crippen molar-refractivity contribution in [1.29, 1.82) is 0 Å². The zero-order valence-corrected chi connectivity index (χ0v) is 9.09. The summed E-state index contributed by atoms with van der Waals surface area (Å²) in [6, 6.07) is 0.325. The molecule has 0 spiro atoms. The smallest absolute Gasteiger partial charge is 0.0760 e. The monoisotopic (exact) mass is 170 g/mol. The molecule has 0 aliphatic heterocycles. The lowest BCUT2D eigenvalue weighted by atomic mass is 9.99. The first kappa shape index (κ1) is 11.6. The second-order valence-corrected chi connectivity index (χ2v) is 4.23. The molecule has 0 N–H and O–H groups in total. The number of unbranched alkanes of at least 4 members (excludes halogenated alkanes) is 1. The fraction of sp³-hybridized carbons (Fsp3) is 1.00. The van der Waals surface area contributed by atoms with E-state index in [4.69, 9.17) is 0 Å². The minimum Gasteiger partial charge on any atom is -0.191 e. The zero-order valence-electron chi connectivity index (χ0n) is 9.09. The van der Waals surface area contributed by atoms with Gasteiger partial charge in [-0.15, -0.1) is 0 Å². The fourth-order valence-electron chi connectivity index (χ4n) is 0.931. The second-order valence-electron chi connectivity index (χ2n) is 4.23. The topological polar surface area (TPSA) is 24.7 Å². The minimum atomic E-state index is 0.0419. The van der Waals surface area contributed by atoms with E-state index in [9.17, 15) is 0 Å². The normalized spacial score (nSPS) is 13.2. The summed E-state index contributed by atoms with van der Waals surface area (Å²) in [6.45, 7) is 10.6. The summed E-state index contributed by atoms with van der Waals surface area (Å²) in [5.41, 5.74) is 0.0419. The standard InChI is InChI=1S/C10H22N2/c1-6-7-8-10(4,5)12-11-9(2)3/h9H,6-8H2,1-5H3. The van der Waals surface area contributed by atoms with Crippen LogP contribution in [0.1, 0.15) is 53.9 Å². The van der Waals surface area contributed by atoms with Crippen molar-refractivity contribution in [2.75, 3.05) is 0 Å². The summed E-state index contributed by atoms with van der Waals surface area (Å²) in [5, 5.41) is 8.49. The van der Waals surface area contributed by atoms with E-state index in [1.54, 1.807) is 0 Å². The third-order valence-electron chi connectivity index (χ3n) is 1.70. The van der Waals surface area contributed by atoms with E-state index >= 15 is 0 Å². The Morgan fingerprint density at radius 3 is 2.25 bits per heavy atom. The Morgan fingerprint density at radius 1 is 1.25 bits per heavy atom. The van der Waals surface area contributed by atoms with Crippen molar-refractivity contribution in [2.24, 2.45) is 10.2 Å². The summed E-state index contributed by atoms with van der Waals surface area (Å²) >= 11 is 0. The lowest BCUT2D eigenvalue weighted by molar-refractivity contribution is 0.427. The SMILES string of the molecule is CCCCC(C)(C)N=NC(C)C. The van der Waals surface area contributed by atoms with Gasteiger partial charge in [0.15, 0.2) is 0 Å². The van der Waals surface area contributed by atoms with Gasteiger partial charge in [0, 0.05) is 0 Å². The molecule has 0 radical (unpaired) electrons. The largest absolute Gasteiger partial charge is 0.191 e. The van der Waals surface area contributed by atoms with Crippen LogP contribution in [0.2, 0.25) is 0 Å². The highest BCUT2D eigenvalue weighted by atomic mass is 15.2. The molecule has 2 heteroatoms. The number of hydrogen-bond donors (Lipinski definition) is 0. The van der Waals surface area contributed by atoms with Crippen LogP contribution in [0.3, 0.4) is 0 Å². The van der Waals surface area contributed by atoms with E-state index in [1.807, 2.05) is 0 Å². The van der Waals surface area contributed by atoms with Gasteiger partial charge in [-0.3, -0.25) is 0 Å². The molecule has 0 amide bonds. The Morgan fingerprint density at radius 2 is 1.83 bits per heavy atom. The van der Waals surface area contributed by atoms with E-state index < -0.39 is 0 Å². The predicted octanol–water partition coefficient (Wildman–Crippen LogP) is 3.82. The molecular formula is C10H22N2. The van der Waals surface area contributed by atoms with Gasteiger partial charge >= 0.3 is 0 Å². The van der Waals surface area contributed by atoms with Crippen LogP contribution < -0.4 is 0 Å². The van der Waals surface area contributed by atoms with E-state index in [1.165, 1.54) is 12.8 Å². The Balaban J connectivity index is 3.85. The highest BCUT2D eigenvalue weighted by Gasteiger charge is 2.15. The average Bonchev–Trinajstić information content (AvgIpc) is 1.98. The third kappa shape index (κ3) is 6.32. The molecule has 0 atom stereocenters. The predicted molar refractivity (Wildman–Crippen MR) is 53.6 cm³/mol. The van der Waals surface area contributed by atoms with Gasteiger partial charge in [-0.1, -0.05) is 19.8 Å². The molecule has 0 bridgehead atoms. The molecule has 0 unspecified atom stereocenters. The first-order chi connectivity index (χ1) is 5.48. The number of hydrogen-bond acceptors (Lipinski definition) is 2. The van der Waals surface area contributed by atoms with Gasteiger partial charge in [0.1, 0.15) is 0 Å². The maximum Gasteiger partial charge on any atom is 0.0760 e.